The zero-order chi connectivity index (χ0) is 21.2. The molecule has 0 aliphatic rings. The Bertz CT molecular complexity index is 991. The Hall–Kier alpha value is -2.95. The maximum atomic E-state index is 12.8. The fraction of sp³-hybridized carbons (Fsp3) is 0.235. The number of nitrogens with zero attached hydrogens (tertiary/aromatic N) is 4. The third-order valence-corrected chi connectivity index (χ3v) is 3.94. The Morgan fingerprint density at radius 2 is 1.90 bits per heavy atom. The average molecular weight is 434 g/mol. The fourth-order valence-electron chi connectivity index (χ4n) is 2.47. The van der Waals surface area contributed by atoms with Gasteiger partial charge in [0, 0.05) is 12.2 Å². The van der Waals surface area contributed by atoms with E-state index in [0.717, 1.165) is 12.3 Å². The molecule has 0 bridgehead atoms. The second-order valence-electron chi connectivity index (χ2n) is 5.83. The Labute approximate surface area is 166 Å². The third kappa shape index (κ3) is 5.11. The van der Waals surface area contributed by atoms with Gasteiger partial charge in [-0.1, -0.05) is 12.1 Å². The summed E-state index contributed by atoms with van der Waals surface area (Å²) in [5.41, 5.74) is 0.487. The Morgan fingerprint density at radius 1 is 1.21 bits per heavy atom. The van der Waals surface area contributed by atoms with E-state index in [0.29, 0.717) is 16.9 Å². The van der Waals surface area contributed by atoms with E-state index < -0.39 is 18.5 Å². The van der Waals surface area contributed by atoms with Gasteiger partial charge in [-0.2, -0.15) is 32.0 Å². The summed E-state index contributed by atoms with van der Waals surface area (Å²) >= 11 is 5.68. The van der Waals surface area contributed by atoms with Crippen LogP contribution in [0.15, 0.2) is 36.5 Å². The highest BCUT2D eigenvalue weighted by atomic mass is 35.5. The highest BCUT2D eigenvalue weighted by Crippen LogP contribution is 2.29. The molecule has 0 unspecified atom stereocenters. The maximum absolute atomic E-state index is 12.8. The number of alkyl halides is 5. The predicted molar refractivity (Wildman–Crippen MR) is 94.3 cm³/mol. The minimum Gasteiger partial charge on any atom is -0.429 e. The summed E-state index contributed by atoms with van der Waals surface area (Å²) < 4.78 is 68.8. The predicted octanol–water partition coefficient (Wildman–Crippen LogP) is 4.86. The standard InChI is InChI=1S/C17H13ClF5N5O/c1-9-6-13(17(21,22)23)27-28(9)11-4-2-10(3-5-11)7-24-14-12(29-16(19)20)8-25-15(18)26-14/h2-6,8,16H,7H2,1H3,(H,24,25,26). The molecule has 0 amide bonds. The summed E-state index contributed by atoms with van der Waals surface area (Å²) in [7, 11) is 0. The number of rotatable bonds is 6. The molecular formula is C17H13ClF5N5O. The summed E-state index contributed by atoms with van der Waals surface area (Å²) in [6, 6.07) is 7.42. The van der Waals surface area contributed by atoms with Crippen LogP contribution in [0.4, 0.5) is 27.8 Å². The third-order valence-electron chi connectivity index (χ3n) is 3.76. The quantitative estimate of drug-likeness (QED) is 0.444. The van der Waals surface area contributed by atoms with Crippen molar-refractivity contribution in [2.75, 3.05) is 5.32 Å². The average Bonchev–Trinajstić information content (AvgIpc) is 3.04. The van der Waals surface area contributed by atoms with Gasteiger partial charge in [0.1, 0.15) is 0 Å². The number of aromatic nitrogens is 4. The van der Waals surface area contributed by atoms with Crippen molar-refractivity contribution in [2.24, 2.45) is 0 Å². The van der Waals surface area contributed by atoms with Gasteiger partial charge >= 0.3 is 12.8 Å². The second-order valence-corrected chi connectivity index (χ2v) is 6.17. The van der Waals surface area contributed by atoms with E-state index in [-0.39, 0.29) is 23.4 Å². The molecule has 1 N–H and O–H groups in total. The summed E-state index contributed by atoms with van der Waals surface area (Å²) in [5.74, 6) is -0.292. The van der Waals surface area contributed by atoms with E-state index in [1.54, 1.807) is 24.3 Å². The number of hydrogen-bond acceptors (Lipinski definition) is 5. The van der Waals surface area contributed by atoms with Crippen molar-refractivity contribution in [1.82, 2.24) is 19.7 Å². The van der Waals surface area contributed by atoms with Crippen molar-refractivity contribution < 1.29 is 26.7 Å². The molecule has 0 fully saturated rings. The largest absolute Gasteiger partial charge is 0.435 e. The number of aryl methyl sites for hydroxylation is 1. The first kappa shape index (κ1) is 20.8. The van der Waals surface area contributed by atoms with Crippen LogP contribution in [0.2, 0.25) is 5.28 Å². The minimum absolute atomic E-state index is 0.0212. The van der Waals surface area contributed by atoms with Crippen molar-refractivity contribution in [2.45, 2.75) is 26.3 Å². The second kappa shape index (κ2) is 8.19. The molecule has 0 radical (unpaired) electrons. The van der Waals surface area contributed by atoms with Crippen molar-refractivity contribution in [3.8, 4) is 11.4 Å². The first-order chi connectivity index (χ1) is 13.6. The zero-order valence-corrected chi connectivity index (χ0v) is 15.5. The van der Waals surface area contributed by atoms with Crippen LogP contribution in [0, 0.1) is 6.92 Å². The van der Waals surface area contributed by atoms with Crippen LogP contribution in [0.1, 0.15) is 17.0 Å². The molecule has 0 spiro atoms. The number of nitrogens with one attached hydrogen (secondary N) is 1. The minimum atomic E-state index is -4.53. The molecule has 1 aromatic carbocycles. The van der Waals surface area contributed by atoms with Gasteiger partial charge in [0.15, 0.2) is 17.3 Å². The monoisotopic (exact) mass is 433 g/mol. The van der Waals surface area contributed by atoms with E-state index in [4.69, 9.17) is 11.6 Å². The van der Waals surface area contributed by atoms with Crippen LogP contribution in [0.25, 0.3) is 5.69 Å². The SMILES string of the molecule is Cc1cc(C(F)(F)F)nn1-c1ccc(CNc2nc(Cl)ncc2OC(F)F)cc1. The van der Waals surface area contributed by atoms with Crippen LogP contribution in [-0.2, 0) is 12.7 Å². The lowest BCUT2D eigenvalue weighted by Crippen LogP contribution is -2.09. The number of ether oxygens (including phenoxy) is 1. The topological polar surface area (TPSA) is 64.9 Å². The van der Waals surface area contributed by atoms with Crippen LogP contribution in [-0.4, -0.2) is 26.4 Å². The molecule has 154 valence electrons. The van der Waals surface area contributed by atoms with Crippen LogP contribution in [0.3, 0.4) is 0 Å². The van der Waals surface area contributed by atoms with Crippen molar-refractivity contribution in [3.05, 3.63) is 58.8 Å². The van der Waals surface area contributed by atoms with E-state index in [9.17, 15) is 22.0 Å². The number of hydrogen-bond donors (Lipinski definition) is 1. The van der Waals surface area contributed by atoms with Crippen molar-refractivity contribution in [3.63, 3.8) is 0 Å². The molecule has 29 heavy (non-hydrogen) atoms. The van der Waals surface area contributed by atoms with Crippen LogP contribution >= 0.6 is 11.6 Å². The highest BCUT2D eigenvalue weighted by molar-refractivity contribution is 6.28. The normalized spacial score (nSPS) is 11.7. The lowest BCUT2D eigenvalue weighted by atomic mass is 10.2. The molecule has 0 aliphatic carbocycles. The molecule has 6 nitrogen and oxygen atoms in total. The van der Waals surface area contributed by atoms with E-state index >= 15 is 0 Å². The number of anilines is 1. The van der Waals surface area contributed by atoms with E-state index in [1.165, 1.54) is 11.6 Å². The lowest BCUT2D eigenvalue weighted by molar-refractivity contribution is -0.141. The van der Waals surface area contributed by atoms with Crippen LogP contribution < -0.4 is 10.1 Å². The molecule has 0 aliphatic heterocycles. The summed E-state index contributed by atoms with van der Waals surface area (Å²) in [4.78, 5) is 7.39. The van der Waals surface area contributed by atoms with Gasteiger partial charge in [0.05, 0.1) is 11.9 Å². The van der Waals surface area contributed by atoms with Gasteiger partial charge in [0.25, 0.3) is 0 Å². The Balaban J connectivity index is 1.74. The van der Waals surface area contributed by atoms with Gasteiger partial charge in [-0.15, -0.1) is 0 Å². The summed E-state index contributed by atoms with van der Waals surface area (Å²) in [6.45, 7) is -1.38. The fourth-order valence-corrected chi connectivity index (χ4v) is 2.61. The number of halogens is 6. The zero-order valence-electron chi connectivity index (χ0n) is 14.7. The molecule has 3 aromatic rings. The van der Waals surface area contributed by atoms with Crippen molar-refractivity contribution in [1.29, 1.82) is 0 Å². The molecule has 3 rings (SSSR count). The first-order valence-electron chi connectivity index (χ1n) is 8.08. The molecule has 12 heteroatoms. The van der Waals surface area contributed by atoms with Crippen molar-refractivity contribution >= 4 is 17.4 Å². The molecule has 2 aromatic heterocycles. The molecule has 0 saturated carbocycles. The van der Waals surface area contributed by atoms with Crippen LogP contribution in [0.5, 0.6) is 5.75 Å². The maximum Gasteiger partial charge on any atom is 0.435 e. The molecular weight excluding hydrogens is 421 g/mol. The number of benzene rings is 1. The van der Waals surface area contributed by atoms with Gasteiger partial charge in [-0.05, 0) is 42.3 Å². The summed E-state index contributed by atoms with van der Waals surface area (Å²) in [6.07, 6.45) is -3.51. The lowest BCUT2D eigenvalue weighted by Gasteiger charge is -2.12. The van der Waals surface area contributed by atoms with E-state index in [1.807, 2.05) is 0 Å². The van der Waals surface area contributed by atoms with Gasteiger partial charge in [0.2, 0.25) is 5.28 Å². The smallest absolute Gasteiger partial charge is 0.429 e. The van der Waals surface area contributed by atoms with Gasteiger partial charge in [-0.3, -0.25) is 0 Å². The molecule has 0 atom stereocenters. The van der Waals surface area contributed by atoms with Gasteiger partial charge in [-0.25, -0.2) is 9.67 Å². The summed E-state index contributed by atoms with van der Waals surface area (Å²) in [5, 5.41) is 6.23. The Kier molecular flexibility index (Phi) is 5.87. The highest BCUT2D eigenvalue weighted by Gasteiger charge is 2.34. The molecule has 2 heterocycles. The first-order valence-corrected chi connectivity index (χ1v) is 8.45. The molecule has 0 saturated heterocycles. The Morgan fingerprint density at radius 3 is 2.48 bits per heavy atom. The van der Waals surface area contributed by atoms with E-state index in [2.05, 4.69) is 25.1 Å². The van der Waals surface area contributed by atoms with Gasteiger partial charge < -0.3 is 10.1 Å².